The van der Waals surface area contributed by atoms with Gasteiger partial charge in [-0.3, -0.25) is 0 Å². The third-order valence-corrected chi connectivity index (χ3v) is 5.65. The molecule has 1 saturated heterocycles. The van der Waals surface area contributed by atoms with Crippen molar-refractivity contribution in [1.82, 2.24) is 19.7 Å². The Morgan fingerprint density at radius 2 is 1.61 bits per heavy atom. The molecule has 4 aromatic rings. The molecule has 2 aromatic heterocycles. The van der Waals surface area contributed by atoms with Crippen LogP contribution < -0.4 is 14.5 Å². The molecule has 0 saturated carbocycles. The Kier molecular flexibility index (Phi) is 5.11. The van der Waals surface area contributed by atoms with Crippen molar-refractivity contribution >= 4 is 22.5 Å². The highest BCUT2D eigenvalue weighted by atomic mass is 19.1. The smallest absolute Gasteiger partial charge is 0.168 e. The molecule has 0 N–H and O–H groups in total. The standard InChI is InChI=1S/C23H23FN6O/c1-31-21-10-5-4-9-20(21)28-11-6-12-29(14-13-28)22-17-15-27-30(23(17)26-16-25-22)19-8-3-2-7-18(19)24/h2-5,7-10,15-16H,6,11-14H2,1H3. The second-order valence-electron chi connectivity index (χ2n) is 7.44. The number of anilines is 2. The third-order valence-electron chi connectivity index (χ3n) is 5.65. The zero-order chi connectivity index (χ0) is 21.2. The number of hydrogen-bond acceptors (Lipinski definition) is 6. The molecule has 1 aliphatic rings. The van der Waals surface area contributed by atoms with Crippen LogP contribution in [0.1, 0.15) is 6.42 Å². The number of benzene rings is 2. The first-order chi connectivity index (χ1) is 15.3. The summed E-state index contributed by atoms with van der Waals surface area (Å²) in [6.07, 6.45) is 4.23. The molecule has 1 aliphatic heterocycles. The van der Waals surface area contributed by atoms with Crippen molar-refractivity contribution in [3.05, 3.63) is 66.9 Å². The first-order valence-electron chi connectivity index (χ1n) is 10.3. The van der Waals surface area contributed by atoms with Crippen LogP contribution in [0.2, 0.25) is 0 Å². The zero-order valence-electron chi connectivity index (χ0n) is 17.3. The lowest BCUT2D eigenvalue weighted by atomic mass is 10.2. The van der Waals surface area contributed by atoms with Gasteiger partial charge in [-0.1, -0.05) is 24.3 Å². The van der Waals surface area contributed by atoms with Gasteiger partial charge in [0.05, 0.1) is 24.4 Å². The van der Waals surface area contributed by atoms with E-state index in [1.165, 1.54) is 17.1 Å². The number of ether oxygens (including phenoxy) is 1. The van der Waals surface area contributed by atoms with Crippen molar-refractivity contribution in [2.45, 2.75) is 6.42 Å². The van der Waals surface area contributed by atoms with Crippen LogP contribution in [0.4, 0.5) is 15.9 Å². The maximum absolute atomic E-state index is 14.3. The Hall–Kier alpha value is -3.68. The summed E-state index contributed by atoms with van der Waals surface area (Å²) in [5.74, 6) is 1.37. The molecular weight excluding hydrogens is 395 g/mol. The maximum Gasteiger partial charge on any atom is 0.168 e. The molecule has 7 nitrogen and oxygen atoms in total. The summed E-state index contributed by atoms with van der Waals surface area (Å²) in [7, 11) is 1.70. The van der Waals surface area contributed by atoms with Gasteiger partial charge in [0.2, 0.25) is 0 Å². The first kappa shape index (κ1) is 19.3. The highest BCUT2D eigenvalue weighted by Gasteiger charge is 2.22. The van der Waals surface area contributed by atoms with E-state index < -0.39 is 0 Å². The van der Waals surface area contributed by atoms with Gasteiger partial charge in [0.1, 0.15) is 29.4 Å². The van der Waals surface area contributed by atoms with Gasteiger partial charge in [0, 0.05) is 26.2 Å². The lowest BCUT2D eigenvalue weighted by Crippen LogP contribution is -2.31. The molecule has 0 atom stereocenters. The van der Waals surface area contributed by atoms with E-state index in [0.717, 1.165) is 55.2 Å². The van der Waals surface area contributed by atoms with E-state index in [4.69, 9.17) is 4.74 Å². The molecule has 0 amide bonds. The Morgan fingerprint density at radius 3 is 2.45 bits per heavy atom. The molecule has 2 aromatic carbocycles. The summed E-state index contributed by atoms with van der Waals surface area (Å²) in [4.78, 5) is 13.6. The van der Waals surface area contributed by atoms with Crippen molar-refractivity contribution in [1.29, 1.82) is 0 Å². The summed E-state index contributed by atoms with van der Waals surface area (Å²) in [5.41, 5.74) is 2.08. The Balaban J connectivity index is 1.45. The second-order valence-corrected chi connectivity index (χ2v) is 7.44. The van der Waals surface area contributed by atoms with E-state index >= 15 is 0 Å². The minimum absolute atomic E-state index is 0.338. The van der Waals surface area contributed by atoms with E-state index in [9.17, 15) is 4.39 Å². The molecule has 0 radical (unpaired) electrons. The zero-order valence-corrected chi connectivity index (χ0v) is 17.3. The molecule has 0 bridgehead atoms. The van der Waals surface area contributed by atoms with Crippen LogP contribution in [-0.2, 0) is 0 Å². The van der Waals surface area contributed by atoms with Crippen molar-refractivity contribution in [2.24, 2.45) is 0 Å². The fraction of sp³-hybridized carbons (Fsp3) is 0.261. The lowest BCUT2D eigenvalue weighted by molar-refractivity contribution is 0.414. The van der Waals surface area contributed by atoms with E-state index in [2.05, 4.69) is 30.9 Å². The van der Waals surface area contributed by atoms with Gasteiger partial charge in [-0.2, -0.15) is 5.10 Å². The molecule has 5 rings (SSSR count). The summed E-state index contributed by atoms with van der Waals surface area (Å²) in [6, 6.07) is 14.7. The summed E-state index contributed by atoms with van der Waals surface area (Å²) >= 11 is 0. The van der Waals surface area contributed by atoms with Crippen molar-refractivity contribution in [3.63, 3.8) is 0 Å². The van der Waals surface area contributed by atoms with E-state index in [-0.39, 0.29) is 5.82 Å². The van der Waals surface area contributed by atoms with Crippen LogP contribution >= 0.6 is 0 Å². The average molecular weight is 418 g/mol. The van der Waals surface area contributed by atoms with Crippen molar-refractivity contribution in [2.75, 3.05) is 43.1 Å². The fourth-order valence-electron chi connectivity index (χ4n) is 4.14. The molecule has 1 fully saturated rings. The lowest BCUT2D eigenvalue weighted by Gasteiger charge is -2.25. The minimum Gasteiger partial charge on any atom is -0.495 e. The molecule has 0 unspecified atom stereocenters. The number of methoxy groups -OCH3 is 1. The predicted octanol–water partition coefficient (Wildman–Crippen LogP) is 3.68. The topological polar surface area (TPSA) is 59.3 Å². The van der Waals surface area contributed by atoms with Crippen molar-refractivity contribution in [3.8, 4) is 11.4 Å². The van der Waals surface area contributed by atoms with Crippen LogP contribution in [0.5, 0.6) is 5.75 Å². The van der Waals surface area contributed by atoms with Gasteiger partial charge in [0.15, 0.2) is 5.65 Å². The molecule has 158 valence electrons. The highest BCUT2D eigenvalue weighted by molar-refractivity contribution is 5.87. The minimum atomic E-state index is -0.338. The number of fused-ring (bicyclic) bond motifs is 1. The molecule has 31 heavy (non-hydrogen) atoms. The largest absolute Gasteiger partial charge is 0.495 e. The average Bonchev–Trinajstić information content (AvgIpc) is 3.09. The van der Waals surface area contributed by atoms with Crippen LogP contribution in [0, 0.1) is 5.82 Å². The van der Waals surface area contributed by atoms with E-state index in [1.807, 2.05) is 18.2 Å². The maximum atomic E-state index is 14.3. The molecule has 3 heterocycles. The van der Waals surface area contributed by atoms with Gasteiger partial charge >= 0.3 is 0 Å². The van der Waals surface area contributed by atoms with Crippen LogP contribution in [0.3, 0.4) is 0 Å². The summed E-state index contributed by atoms with van der Waals surface area (Å²) in [5, 5.41) is 5.23. The van der Waals surface area contributed by atoms with Gasteiger partial charge in [-0.15, -0.1) is 0 Å². The Morgan fingerprint density at radius 1 is 0.871 bits per heavy atom. The van der Waals surface area contributed by atoms with Gasteiger partial charge < -0.3 is 14.5 Å². The first-order valence-corrected chi connectivity index (χ1v) is 10.3. The number of halogens is 1. The monoisotopic (exact) mass is 418 g/mol. The molecular formula is C23H23FN6O. The van der Waals surface area contributed by atoms with Crippen molar-refractivity contribution < 1.29 is 9.13 Å². The number of hydrogen-bond donors (Lipinski definition) is 0. The van der Waals surface area contributed by atoms with Gasteiger partial charge in [0.25, 0.3) is 0 Å². The molecule has 0 aliphatic carbocycles. The van der Waals surface area contributed by atoms with Gasteiger partial charge in [-0.25, -0.2) is 19.0 Å². The number of aromatic nitrogens is 4. The summed E-state index contributed by atoms with van der Waals surface area (Å²) in [6.45, 7) is 3.44. The quantitative estimate of drug-likeness (QED) is 0.504. The molecule has 8 heteroatoms. The Labute approximate surface area is 179 Å². The molecule has 0 spiro atoms. The number of para-hydroxylation sites is 3. The second kappa shape index (κ2) is 8.22. The fourth-order valence-corrected chi connectivity index (χ4v) is 4.14. The van der Waals surface area contributed by atoms with Crippen LogP contribution in [-0.4, -0.2) is 53.0 Å². The number of nitrogens with zero attached hydrogens (tertiary/aromatic N) is 6. The van der Waals surface area contributed by atoms with Crippen LogP contribution in [0.25, 0.3) is 16.7 Å². The van der Waals surface area contributed by atoms with E-state index in [0.29, 0.717) is 11.3 Å². The normalized spacial score (nSPS) is 14.6. The third kappa shape index (κ3) is 3.54. The Bertz CT molecular complexity index is 1210. The SMILES string of the molecule is COc1ccccc1N1CCCN(c2ncnc3c2cnn3-c2ccccc2F)CC1. The van der Waals surface area contributed by atoms with Gasteiger partial charge in [-0.05, 0) is 30.7 Å². The predicted molar refractivity (Wildman–Crippen MR) is 119 cm³/mol. The highest BCUT2D eigenvalue weighted by Crippen LogP contribution is 2.30. The van der Waals surface area contributed by atoms with Crippen LogP contribution in [0.15, 0.2) is 61.1 Å². The van der Waals surface area contributed by atoms with E-state index in [1.54, 1.807) is 31.5 Å². The summed E-state index contributed by atoms with van der Waals surface area (Å²) < 4.78 is 21.4. The number of rotatable bonds is 4.